The Kier molecular flexibility index (Phi) is 8.81. The fourth-order valence-corrected chi connectivity index (χ4v) is 6.82. The Balaban J connectivity index is 1.31. The van der Waals surface area contributed by atoms with Crippen LogP contribution in [0.5, 0.6) is 5.75 Å². The molecule has 0 spiro atoms. The summed E-state index contributed by atoms with van der Waals surface area (Å²) in [5.74, 6) is -1.21. The topological polar surface area (TPSA) is 101 Å². The second kappa shape index (κ2) is 13.6. The molecular formula is C40H36N2O6. The van der Waals surface area contributed by atoms with Gasteiger partial charge in [-0.1, -0.05) is 84.9 Å². The Hall–Kier alpha value is -5.60. The lowest BCUT2D eigenvalue weighted by Gasteiger charge is -2.31. The highest BCUT2D eigenvalue weighted by molar-refractivity contribution is 6.05. The number of rotatable bonds is 11. The second-order valence-corrected chi connectivity index (χ2v) is 12.0. The number of fused-ring (bicyclic) bond motifs is 2. The van der Waals surface area contributed by atoms with Gasteiger partial charge < -0.3 is 29.2 Å². The zero-order chi connectivity index (χ0) is 33.0. The lowest BCUT2D eigenvalue weighted by Crippen LogP contribution is -2.36. The van der Waals surface area contributed by atoms with Gasteiger partial charge in [0.05, 0.1) is 30.9 Å². The van der Waals surface area contributed by atoms with E-state index in [1.165, 1.54) is 0 Å². The van der Waals surface area contributed by atoms with E-state index in [2.05, 4.69) is 35.2 Å². The zero-order valence-corrected chi connectivity index (χ0v) is 26.5. The molecular weight excluding hydrogens is 604 g/mol. The molecule has 0 bridgehead atoms. The number of nitrogens with zero attached hydrogens (tertiary/aromatic N) is 2. The summed E-state index contributed by atoms with van der Waals surface area (Å²) < 4.78 is 13.8. The number of carbonyl (C=O) groups is 2. The third-order valence-corrected chi connectivity index (χ3v) is 9.06. The molecule has 0 amide bonds. The number of morpholine rings is 1. The lowest BCUT2D eigenvalue weighted by molar-refractivity contribution is 0.0679. The Morgan fingerprint density at radius 2 is 1.42 bits per heavy atom. The van der Waals surface area contributed by atoms with Crippen molar-refractivity contribution in [3.63, 3.8) is 0 Å². The number of aromatic nitrogens is 1. The number of aryl methyl sites for hydroxylation is 1. The van der Waals surface area contributed by atoms with Gasteiger partial charge in [0, 0.05) is 47.2 Å². The van der Waals surface area contributed by atoms with Crippen LogP contribution in [0.25, 0.3) is 32.8 Å². The number of carboxylic acid groups (broad SMARTS) is 2. The smallest absolute Gasteiger partial charge is 0.352 e. The van der Waals surface area contributed by atoms with Crippen molar-refractivity contribution in [2.75, 3.05) is 37.8 Å². The van der Waals surface area contributed by atoms with Crippen LogP contribution in [0.4, 0.5) is 5.69 Å². The molecule has 1 saturated heterocycles. The first kappa shape index (κ1) is 31.0. The lowest BCUT2D eigenvalue weighted by atomic mass is 9.98. The van der Waals surface area contributed by atoms with Gasteiger partial charge in [-0.2, -0.15) is 0 Å². The van der Waals surface area contributed by atoms with E-state index in [1.54, 1.807) is 24.3 Å². The molecule has 0 radical (unpaired) electrons. The third kappa shape index (κ3) is 6.10. The summed E-state index contributed by atoms with van der Waals surface area (Å²) in [5, 5.41) is 23.2. The molecule has 7 rings (SSSR count). The highest BCUT2D eigenvalue weighted by Crippen LogP contribution is 2.40. The SMILES string of the molecule is O=C(O)c1ccc(Cn2c(C(=O)O)c(CCCOc3cccc4ccccc34)c3cccc(-c4ccccc4N4CCOCC4)c32)cc1. The van der Waals surface area contributed by atoms with E-state index in [0.717, 1.165) is 68.5 Å². The maximum atomic E-state index is 13.2. The fraction of sp³-hybridized carbons (Fsp3) is 0.200. The molecule has 8 nitrogen and oxygen atoms in total. The molecule has 5 aromatic carbocycles. The van der Waals surface area contributed by atoms with E-state index in [-0.39, 0.29) is 17.8 Å². The van der Waals surface area contributed by atoms with Gasteiger partial charge in [0.1, 0.15) is 11.4 Å². The predicted octanol–water partition coefficient (Wildman–Crippen LogP) is 7.75. The summed E-state index contributed by atoms with van der Waals surface area (Å²) in [6.45, 7) is 3.53. The van der Waals surface area contributed by atoms with E-state index in [0.29, 0.717) is 32.7 Å². The summed E-state index contributed by atoms with van der Waals surface area (Å²) in [5.41, 5.74) is 5.85. The number of hydrogen-bond donors (Lipinski definition) is 2. The Morgan fingerprint density at radius 1 is 0.729 bits per heavy atom. The minimum absolute atomic E-state index is 0.182. The van der Waals surface area contributed by atoms with Crippen molar-refractivity contribution in [3.8, 4) is 16.9 Å². The first-order chi connectivity index (χ1) is 23.5. The van der Waals surface area contributed by atoms with Crippen LogP contribution < -0.4 is 9.64 Å². The Morgan fingerprint density at radius 3 is 2.21 bits per heavy atom. The van der Waals surface area contributed by atoms with Crippen LogP contribution >= 0.6 is 0 Å². The Labute approximate surface area is 278 Å². The number of hydrogen-bond acceptors (Lipinski definition) is 5. The van der Waals surface area contributed by atoms with Crippen molar-refractivity contribution in [3.05, 3.63) is 132 Å². The van der Waals surface area contributed by atoms with Crippen molar-refractivity contribution < 1.29 is 29.3 Å². The van der Waals surface area contributed by atoms with E-state index in [1.807, 2.05) is 59.2 Å². The van der Waals surface area contributed by atoms with Gasteiger partial charge in [-0.25, -0.2) is 9.59 Å². The van der Waals surface area contributed by atoms with Crippen LogP contribution in [0.1, 0.15) is 38.4 Å². The molecule has 8 heteroatoms. The first-order valence-electron chi connectivity index (χ1n) is 16.2. The predicted molar refractivity (Wildman–Crippen MR) is 188 cm³/mol. The molecule has 0 saturated carbocycles. The molecule has 0 atom stereocenters. The van der Waals surface area contributed by atoms with Crippen LogP contribution in [0.2, 0.25) is 0 Å². The van der Waals surface area contributed by atoms with Gasteiger partial charge in [0.2, 0.25) is 0 Å². The number of carboxylic acids is 2. The van der Waals surface area contributed by atoms with Gasteiger partial charge >= 0.3 is 11.9 Å². The molecule has 2 N–H and O–H groups in total. The number of aromatic carboxylic acids is 2. The molecule has 242 valence electrons. The van der Waals surface area contributed by atoms with E-state index >= 15 is 0 Å². The molecule has 1 aromatic heterocycles. The van der Waals surface area contributed by atoms with Gasteiger partial charge in [-0.05, 0) is 53.6 Å². The van der Waals surface area contributed by atoms with Gasteiger partial charge in [-0.15, -0.1) is 0 Å². The normalized spacial score (nSPS) is 13.2. The highest BCUT2D eigenvalue weighted by atomic mass is 16.5. The van der Waals surface area contributed by atoms with Crippen LogP contribution in [0.3, 0.4) is 0 Å². The highest BCUT2D eigenvalue weighted by Gasteiger charge is 2.26. The zero-order valence-electron chi connectivity index (χ0n) is 26.5. The van der Waals surface area contributed by atoms with E-state index in [9.17, 15) is 19.8 Å². The molecule has 48 heavy (non-hydrogen) atoms. The minimum atomic E-state index is -1.01. The largest absolute Gasteiger partial charge is 0.493 e. The van der Waals surface area contributed by atoms with Crippen LogP contribution in [0.15, 0.2) is 109 Å². The van der Waals surface area contributed by atoms with Crippen LogP contribution in [-0.2, 0) is 17.7 Å². The first-order valence-corrected chi connectivity index (χ1v) is 16.2. The molecule has 2 heterocycles. The fourth-order valence-electron chi connectivity index (χ4n) is 6.82. The molecule has 0 aliphatic carbocycles. The second-order valence-electron chi connectivity index (χ2n) is 12.0. The van der Waals surface area contributed by atoms with Gasteiger partial charge in [0.15, 0.2) is 0 Å². The summed E-state index contributed by atoms with van der Waals surface area (Å²) in [4.78, 5) is 27.0. The molecule has 6 aromatic rings. The quantitative estimate of drug-likeness (QED) is 0.140. The maximum absolute atomic E-state index is 13.2. The standard InChI is InChI=1S/C40H36N2O6/c43-39(44)29-19-17-27(18-20-29)26-42-37-32(31-11-3-4-15-35(31)41-21-24-47-25-22-41)12-6-13-33(37)34(38(42)40(45)46)14-7-23-48-36-16-5-9-28-8-1-2-10-30(28)36/h1-6,8-13,15-20H,7,14,21-26H2,(H,43,44)(H,45,46). The summed E-state index contributed by atoms with van der Waals surface area (Å²) in [7, 11) is 0. The van der Waals surface area contributed by atoms with Crippen molar-refractivity contribution >= 4 is 39.3 Å². The molecule has 1 aliphatic heterocycles. The molecule has 1 aliphatic rings. The Bertz CT molecular complexity index is 2110. The number of para-hydroxylation sites is 2. The number of benzene rings is 5. The summed E-state index contributed by atoms with van der Waals surface area (Å²) in [6, 6.07) is 35.0. The average molecular weight is 641 g/mol. The summed E-state index contributed by atoms with van der Waals surface area (Å²) >= 11 is 0. The van der Waals surface area contributed by atoms with Gasteiger partial charge in [0.25, 0.3) is 0 Å². The average Bonchev–Trinajstić information content (AvgIpc) is 3.44. The van der Waals surface area contributed by atoms with Crippen LogP contribution in [-0.4, -0.2) is 59.6 Å². The maximum Gasteiger partial charge on any atom is 0.352 e. The van der Waals surface area contributed by atoms with E-state index in [4.69, 9.17) is 9.47 Å². The number of anilines is 1. The van der Waals surface area contributed by atoms with E-state index < -0.39 is 11.9 Å². The molecule has 0 unspecified atom stereocenters. The van der Waals surface area contributed by atoms with Crippen molar-refractivity contribution in [1.82, 2.24) is 4.57 Å². The van der Waals surface area contributed by atoms with Crippen molar-refractivity contribution in [2.24, 2.45) is 0 Å². The van der Waals surface area contributed by atoms with Gasteiger partial charge in [-0.3, -0.25) is 0 Å². The monoisotopic (exact) mass is 640 g/mol. The van der Waals surface area contributed by atoms with Crippen molar-refractivity contribution in [2.45, 2.75) is 19.4 Å². The van der Waals surface area contributed by atoms with Crippen molar-refractivity contribution in [1.29, 1.82) is 0 Å². The summed E-state index contributed by atoms with van der Waals surface area (Å²) in [6.07, 6.45) is 1.12. The minimum Gasteiger partial charge on any atom is -0.493 e. The van der Waals surface area contributed by atoms with Crippen LogP contribution in [0, 0.1) is 0 Å². The number of ether oxygens (including phenoxy) is 2. The molecule has 1 fully saturated rings. The third-order valence-electron chi connectivity index (χ3n) is 9.06.